The fraction of sp³-hybridized carbons (Fsp3) is 0.176. The molecule has 1 aromatic carbocycles. The summed E-state index contributed by atoms with van der Waals surface area (Å²) in [6.45, 7) is 4.63. The van der Waals surface area contributed by atoms with Crippen LogP contribution in [0.1, 0.15) is 4.88 Å². The molecule has 0 aliphatic heterocycles. The number of nitrogens with zero attached hydrogens (tertiary/aromatic N) is 1. The summed E-state index contributed by atoms with van der Waals surface area (Å²) in [5, 5.41) is 4.48. The standard InChI is InChI=1S/C17H17ClFN3O2S/c1-2-9-22(10-12-7-8-15(18)25-12)11-16(23)21-17(24)20-14-6-4-3-5-13(14)19/h2-8H,1,9-11H2,(H2,20,21,23,24). The van der Waals surface area contributed by atoms with Gasteiger partial charge in [0, 0.05) is 18.0 Å². The Labute approximate surface area is 154 Å². The fourth-order valence-electron chi connectivity index (χ4n) is 2.11. The predicted molar refractivity (Wildman–Crippen MR) is 98.4 cm³/mol. The smallest absolute Gasteiger partial charge is 0.305 e. The van der Waals surface area contributed by atoms with E-state index in [1.165, 1.54) is 29.5 Å². The number of amides is 3. The maximum absolute atomic E-state index is 13.5. The van der Waals surface area contributed by atoms with Gasteiger partial charge in [-0.15, -0.1) is 17.9 Å². The quantitative estimate of drug-likeness (QED) is 0.715. The highest BCUT2D eigenvalue weighted by Gasteiger charge is 2.14. The van der Waals surface area contributed by atoms with Crippen LogP contribution in [0.25, 0.3) is 0 Å². The third kappa shape index (κ3) is 6.30. The lowest BCUT2D eigenvalue weighted by atomic mass is 10.3. The third-order valence-corrected chi connectivity index (χ3v) is 4.35. The Morgan fingerprint density at radius 2 is 2.04 bits per heavy atom. The van der Waals surface area contributed by atoms with E-state index in [0.717, 1.165) is 4.88 Å². The second-order valence-electron chi connectivity index (χ2n) is 5.15. The minimum Gasteiger partial charge on any atom is -0.305 e. The van der Waals surface area contributed by atoms with Crippen molar-refractivity contribution in [3.05, 3.63) is 64.1 Å². The summed E-state index contributed by atoms with van der Waals surface area (Å²) in [6, 6.07) is 8.60. The monoisotopic (exact) mass is 381 g/mol. The van der Waals surface area contributed by atoms with Crippen molar-refractivity contribution in [2.45, 2.75) is 6.54 Å². The lowest BCUT2D eigenvalue weighted by molar-refractivity contribution is -0.121. The number of urea groups is 1. The molecule has 0 spiro atoms. The molecule has 0 radical (unpaired) electrons. The average Bonchev–Trinajstić information content (AvgIpc) is 2.94. The summed E-state index contributed by atoms with van der Waals surface area (Å²) in [7, 11) is 0. The Bertz CT molecular complexity index is 766. The van der Waals surface area contributed by atoms with Gasteiger partial charge in [0.05, 0.1) is 16.6 Å². The summed E-state index contributed by atoms with van der Waals surface area (Å²) in [4.78, 5) is 26.7. The molecule has 0 saturated carbocycles. The number of para-hydroxylation sites is 1. The number of rotatable bonds is 7. The number of anilines is 1. The minimum atomic E-state index is -0.784. The molecular weight excluding hydrogens is 365 g/mol. The zero-order valence-corrected chi connectivity index (χ0v) is 14.9. The Kier molecular flexibility index (Phi) is 7.12. The van der Waals surface area contributed by atoms with E-state index < -0.39 is 17.8 Å². The van der Waals surface area contributed by atoms with Crippen LogP contribution in [-0.4, -0.2) is 29.9 Å². The Balaban J connectivity index is 1.88. The van der Waals surface area contributed by atoms with Gasteiger partial charge in [0.1, 0.15) is 5.82 Å². The summed E-state index contributed by atoms with van der Waals surface area (Å²) in [5.74, 6) is -1.08. The van der Waals surface area contributed by atoms with Crippen LogP contribution in [0.5, 0.6) is 0 Å². The molecule has 0 aliphatic carbocycles. The molecule has 0 atom stereocenters. The average molecular weight is 382 g/mol. The van der Waals surface area contributed by atoms with E-state index in [0.29, 0.717) is 17.4 Å². The Morgan fingerprint density at radius 3 is 2.68 bits per heavy atom. The van der Waals surface area contributed by atoms with E-state index in [1.54, 1.807) is 23.1 Å². The van der Waals surface area contributed by atoms with Crippen molar-refractivity contribution in [1.82, 2.24) is 10.2 Å². The van der Waals surface area contributed by atoms with Gasteiger partial charge >= 0.3 is 6.03 Å². The zero-order chi connectivity index (χ0) is 18.2. The van der Waals surface area contributed by atoms with Crippen LogP contribution in [0.3, 0.4) is 0 Å². The second-order valence-corrected chi connectivity index (χ2v) is 6.95. The number of carbonyl (C=O) groups is 2. The number of thiophene rings is 1. The first-order valence-corrected chi connectivity index (χ1v) is 8.60. The lowest BCUT2D eigenvalue weighted by Gasteiger charge is -2.19. The highest BCUT2D eigenvalue weighted by Crippen LogP contribution is 2.22. The van der Waals surface area contributed by atoms with Gasteiger partial charge in [0.15, 0.2) is 0 Å². The fourth-order valence-corrected chi connectivity index (χ4v) is 3.24. The molecule has 0 saturated heterocycles. The van der Waals surface area contributed by atoms with Crippen LogP contribution in [0.2, 0.25) is 4.34 Å². The van der Waals surface area contributed by atoms with Crippen molar-refractivity contribution >= 4 is 40.6 Å². The number of nitrogens with one attached hydrogen (secondary N) is 2. The SMILES string of the molecule is C=CCN(CC(=O)NC(=O)Nc1ccccc1F)Cc1ccc(Cl)s1. The highest BCUT2D eigenvalue weighted by molar-refractivity contribution is 7.16. The molecule has 5 nitrogen and oxygen atoms in total. The topological polar surface area (TPSA) is 61.4 Å². The van der Waals surface area contributed by atoms with Crippen molar-refractivity contribution in [1.29, 1.82) is 0 Å². The predicted octanol–water partition coefficient (Wildman–Crippen LogP) is 3.88. The van der Waals surface area contributed by atoms with E-state index in [1.807, 2.05) is 6.07 Å². The number of halogens is 2. The summed E-state index contributed by atoms with van der Waals surface area (Å²) >= 11 is 7.33. The molecule has 3 amide bonds. The Hall–Kier alpha value is -2.22. The van der Waals surface area contributed by atoms with Crippen LogP contribution < -0.4 is 10.6 Å². The number of benzene rings is 1. The van der Waals surface area contributed by atoms with Gasteiger partial charge in [-0.2, -0.15) is 0 Å². The van der Waals surface area contributed by atoms with Gasteiger partial charge < -0.3 is 5.32 Å². The normalized spacial score (nSPS) is 10.5. The first-order valence-electron chi connectivity index (χ1n) is 7.40. The van der Waals surface area contributed by atoms with E-state index in [2.05, 4.69) is 17.2 Å². The van der Waals surface area contributed by atoms with Crippen LogP contribution >= 0.6 is 22.9 Å². The van der Waals surface area contributed by atoms with Crippen molar-refractivity contribution < 1.29 is 14.0 Å². The van der Waals surface area contributed by atoms with Gasteiger partial charge in [-0.05, 0) is 24.3 Å². The molecule has 2 aromatic rings. The molecular formula is C17H17ClFN3O2S. The second kappa shape index (κ2) is 9.31. The molecule has 2 rings (SSSR count). The van der Waals surface area contributed by atoms with Crippen LogP contribution in [0, 0.1) is 5.82 Å². The van der Waals surface area contributed by atoms with Gasteiger partial charge in [0.2, 0.25) is 5.91 Å². The molecule has 25 heavy (non-hydrogen) atoms. The number of imide groups is 1. The molecule has 0 bridgehead atoms. The number of carbonyl (C=O) groups excluding carboxylic acids is 2. The lowest BCUT2D eigenvalue weighted by Crippen LogP contribution is -2.41. The van der Waals surface area contributed by atoms with Crippen molar-refractivity contribution in [3.63, 3.8) is 0 Å². The highest BCUT2D eigenvalue weighted by atomic mass is 35.5. The minimum absolute atomic E-state index is 0.00368. The summed E-state index contributed by atoms with van der Waals surface area (Å²) in [6.07, 6.45) is 1.67. The van der Waals surface area contributed by atoms with Gasteiger partial charge in [-0.1, -0.05) is 29.8 Å². The maximum atomic E-state index is 13.5. The van der Waals surface area contributed by atoms with E-state index in [9.17, 15) is 14.0 Å². The molecule has 8 heteroatoms. The largest absolute Gasteiger partial charge is 0.326 e. The molecule has 132 valence electrons. The van der Waals surface area contributed by atoms with Crippen molar-refractivity contribution in [2.75, 3.05) is 18.4 Å². The zero-order valence-electron chi connectivity index (χ0n) is 13.3. The number of hydrogen-bond donors (Lipinski definition) is 2. The van der Waals surface area contributed by atoms with Crippen LogP contribution in [0.4, 0.5) is 14.9 Å². The third-order valence-electron chi connectivity index (χ3n) is 3.14. The summed E-state index contributed by atoms with van der Waals surface area (Å²) < 4.78 is 14.2. The van der Waals surface area contributed by atoms with Gasteiger partial charge in [-0.25, -0.2) is 9.18 Å². The first-order chi connectivity index (χ1) is 12.0. The Morgan fingerprint density at radius 1 is 1.28 bits per heavy atom. The van der Waals surface area contributed by atoms with Gasteiger partial charge in [-0.3, -0.25) is 15.0 Å². The molecule has 0 unspecified atom stereocenters. The molecule has 0 fully saturated rings. The molecule has 2 N–H and O–H groups in total. The first kappa shape index (κ1) is 19.1. The molecule has 1 aromatic heterocycles. The maximum Gasteiger partial charge on any atom is 0.326 e. The molecule has 1 heterocycles. The van der Waals surface area contributed by atoms with E-state index in [4.69, 9.17) is 11.6 Å². The van der Waals surface area contributed by atoms with Crippen LogP contribution in [0.15, 0.2) is 49.1 Å². The van der Waals surface area contributed by atoms with Crippen LogP contribution in [-0.2, 0) is 11.3 Å². The number of hydrogen-bond acceptors (Lipinski definition) is 4. The van der Waals surface area contributed by atoms with Gasteiger partial charge in [0.25, 0.3) is 0 Å². The molecule has 0 aliphatic rings. The summed E-state index contributed by atoms with van der Waals surface area (Å²) in [5.41, 5.74) is 0.00368. The van der Waals surface area contributed by atoms with Crippen molar-refractivity contribution in [2.24, 2.45) is 0 Å². The van der Waals surface area contributed by atoms with Crippen molar-refractivity contribution in [3.8, 4) is 0 Å². The van der Waals surface area contributed by atoms with E-state index in [-0.39, 0.29) is 12.2 Å². The van der Waals surface area contributed by atoms with E-state index >= 15 is 0 Å².